The summed E-state index contributed by atoms with van der Waals surface area (Å²) in [5.41, 5.74) is 0.481. The van der Waals surface area contributed by atoms with Crippen molar-refractivity contribution < 1.29 is 9.90 Å². The molecule has 2 aromatic rings. The van der Waals surface area contributed by atoms with Crippen LogP contribution in [0.15, 0.2) is 11.1 Å². The lowest BCUT2D eigenvalue weighted by Gasteiger charge is -2.01. The molecule has 1 amide bonds. The van der Waals surface area contributed by atoms with Crippen molar-refractivity contribution in [3.8, 4) is 0 Å². The number of thiophene rings is 1. The van der Waals surface area contributed by atoms with Gasteiger partial charge in [-0.25, -0.2) is 4.98 Å². The molecule has 2 heterocycles. The Balaban J connectivity index is 2.55. The predicted molar refractivity (Wildman–Crippen MR) is 69.0 cm³/mol. The summed E-state index contributed by atoms with van der Waals surface area (Å²) < 4.78 is 1.39. The predicted octanol–water partition coefficient (Wildman–Crippen LogP) is 0.0255. The van der Waals surface area contributed by atoms with E-state index in [1.807, 2.05) is 0 Å². The van der Waals surface area contributed by atoms with E-state index in [4.69, 9.17) is 5.11 Å². The number of carbonyl (C=O) groups excluding carboxylic acids is 1. The lowest BCUT2D eigenvalue weighted by molar-refractivity contribution is 0.0948. The number of nitrogens with one attached hydrogen (secondary N) is 1. The topological polar surface area (TPSA) is 84.2 Å². The molecule has 6 nitrogen and oxygen atoms in total. The molecule has 0 saturated carbocycles. The van der Waals surface area contributed by atoms with Crippen LogP contribution in [-0.2, 0) is 7.05 Å². The Labute approximate surface area is 107 Å². The molecule has 2 rings (SSSR count). The van der Waals surface area contributed by atoms with Gasteiger partial charge in [-0.15, -0.1) is 11.3 Å². The molecule has 96 valence electrons. The number of carbonyl (C=O) groups is 1. The lowest BCUT2D eigenvalue weighted by Crippen LogP contribution is -2.26. The number of nitrogens with zero attached hydrogens (tertiary/aromatic N) is 2. The monoisotopic (exact) mass is 267 g/mol. The van der Waals surface area contributed by atoms with Crippen LogP contribution in [0.3, 0.4) is 0 Å². The van der Waals surface area contributed by atoms with Crippen molar-refractivity contribution in [1.82, 2.24) is 14.9 Å². The van der Waals surface area contributed by atoms with E-state index in [1.165, 1.54) is 22.2 Å². The standard InChI is InChI=1S/C11H13N3O3S/c1-6-7-10(13-5-14(2)11(7)17)18-8(6)9(16)12-3-4-15/h5,15H,3-4H2,1-2H3,(H,12,16). The number of aliphatic hydroxyl groups is 1. The molecule has 0 unspecified atom stereocenters. The third-order valence-electron chi connectivity index (χ3n) is 2.61. The van der Waals surface area contributed by atoms with Crippen LogP contribution in [0.2, 0.25) is 0 Å². The zero-order valence-corrected chi connectivity index (χ0v) is 10.9. The maximum Gasteiger partial charge on any atom is 0.262 e. The maximum absolute atomic E-state index is 12.0. The van der Waals surface area contributed by atoms with E-state index >= 15 is 0 Å². The molecule has 0 aliphatic heterocycles. The molecule has 0 saturated heterocycles. The summed E-state index contributed by atoms with van der Waals surface area (Å²) in [7, 11) is 1.62. The average molecular weight is 267 g/mol. The van der Waals surface area contributed by atoms with Gasteiger partial charge in [-0.2, -0.15) is 0 Å². The van der Waals surface area contributed by atoms with Crippen LogP contribution in [0.25, 0.3) is 10.2 Å². The van der Waals surface area contributed by atoms with Gasteiger partial charge in [0, 0.05) is 13.6 Å². The lowest BCUT2D eigenvalue weighted by atomic mass is 10.2. The van der Waals surface area contributed by atoms with Crippen LogP contribution in [0.1, 0.15) is 15.2 Å². The molecule has 0 aliphatic rings. The van der Waals surface area contributed by atoms with Crippen LogP contribution < -0.4 is 10.9 Å². The number of aromatic nitrogens is 2. The normalized spacial score (nSPS) is 10.8. The van der Waals surface area contributed by atoms with Gasteiger partial charge in [-0.3, -0.25) is 9.59 Å². The third kappa shape index (κ3) is 2.02. The second-order valence-corrected chi connectivity index (χ2v) is 4.88. The summed E-state index contributed by atoms with van der Waals surface area (Å²) in [5.74, 6) is -0.286. The molecular weight excluding hydrogens is 254 g/mol. The summed E-state index contributed by atoms with van der Waals surface area (Å²) in [6, 6.07) is 0. The van der Waals surface area contributed by atoms with Gasteiger partial charge in [-0.05, 0) is 12.5 Å². The smallest absolute Gasteiger partial charge is 0.262 e. The fourth-order valence-corrected chi connectivity index (χ4v) is 2.73. The van der Waals surface area contributed by atoms with Crippen LogP contribution in [0, 0.1) is 6.92 Å². The fourth-order valence-electron chi connectivity index (χ4n) is 1.68. The summed E-state index contributed by atoms with van der Waals surface area (Å²) in [6.07, 6.45) is 1.44. The van der Waals surface area contributed by atoms with E-state index in [0.29, 0.717) is 20.7 Å². The van der Waals surface area contributed by atoms with Gasteiger partial charge >= 0.3 is 0 Å². The fraction of sp³-hybridized carbons (Fsp3) is 0.364. The minimum absolute atomic E-state index is 0.115. The largest absolute Gasteiger partial charge is 0.395 e. The number of aryl methyl sites for hydroxylation is 2. The van der Waals surface area contributed by atoms with Crippen molar-refractivity contribution in [3.63, 3.8) is 0 Å². The van der Waals surface area contributed by atoms with Crippen molar-refractivity contribution in [2.24, 2.45) is 7.05 Å². The molecule has 0 atom stereocenters. The minimum Gasteiger partial charge on any atom is -0.395 e. The number of rotatable bonds is 3. The number of hydrogen-bond acceptors (Lipinski definition) is 5. The Bertz CT molecular complexity index is 659. The van der Waals surface area contributed by atoms with Gasteiger partial charge in [0.2, 0.25) is 0 Å². The highest BCUT2D eigenvalue weighted by Crippen LogP contribution is 2.26. The Hall–Kier alpha value is -1.73. The summed E-state index contributed by atoms with van der Waals surface area (Å²) in [6.45, 7) is 1.81. The molecule has 2 N–H and O–H groups in total. The van der Waals surface area contributed by atoms with Crippen LogP contribution in [0.5, 0.6) is 0 Å². The average Bonchev–Trinajstić information content (AvgIpc) is 2.69. The van der Waals surface area contributed by atoms with Crippen molar-refractivity contribution in [1.29, 1.82) is 0 Å². The zero-order valence-electron chi connectivity index (χ0n) is 10.1. The van der Waals surface area contributed by atoms with E-state index in [9.17, 15) is 9.59 Å². The molecule has 7 heteroatoms. The molecule has 2 aromatic heterocycles. The Morgan fingerprint density at radius 1 is 1.61 bits per heavy atom. The summed E-state index contributed by atoms with van der Waals surface area (Å²) in [5, 5.41) is 11.7. The van der Waals surface area contributed by atoms with E-state index < -0.39 is 0 Å². The van der Waals surface area contributed by atoms with Gasteiger partial charge in [0.05, 0.1) is 23.2 Å². The van der Waals surface area contributed by atoms with Crippen molar-refractivity contribution in [2.75, 3.05) is 13.2 Å². The second-order valence-electron chi connectivity index (χ2n) is 3.88. The van der Waals surface area contributed by atoms with Gasteiger partial charge in [-0.1, -0.05) is 0 Å². The van der Waals surface area contributed by atoms with Crippen LogP contribution in [-0.4, -0.2) is 33.7 Å². The number of fused-ring (bicyclic) bond motifs is 1. The van der Waals surface area contributed by atoms with Crippen LogP contribution in [0.4, 0.5) is 0 Å². The third-order valence-corrected chi connectivity index (χ3v) is 3.81. The van der Waals surface area contributed by atoms with Crippen molar-refractivity contribution in [2.45, 2.75) is 6.92 Å². The highest BCUT2D eigenvalue weighted by molar-refractivity contribution is 7.20. The number of aliphatic hydroxyl groups excluding tert-OH is 1. The molecule has 0 aromatic carbocycles. The molecule has 18 heavy (non-hydrogen) atoms. The van der Waals surface area contributed by atoms with E-state index in [2.05, 4.69) is 10.3 Å². The number of amides is 1. The van der Waals surface area contributed by atoms with Gasteiger partial charge in [0.15, 0.2) is 0 Å². The minimum atomic E-state index is -0.286. The van der Waals surface area contributed by atoms with Crippen molar-refractivity contribution >= 4 is 27.5 Å². The first-order valence-corrected chi connectivity index (χ1v) is 6.21. The molecule has 0 spiro atoms. The van der Waals surface area contributed by atoms with E-state index in [1.54, 1.807) is 14.0 Å². The molecule has 0 fully saturated rings. The zero-order chi connectivity index (χ0) is 13.3. The van der Waals surface area contributed by atoms with Gasteiger partial charge in [0.25, 0.3) is 11.5 Å². The van der Waals surface area contributed by atoms with E-state index in [-0.39, 0.29) is 24.6 Å². The second kappa shape index (κ2) is 4.87. The Kier molecular flexibility index (Phi) is 3.44. The highest BCUT2D eigenvalue weighted by Gasteiger charge is 2.18. The van der Waals surface area contributed by atoms with Crippen molar-refractivity contribution in [3.05, 3.63) is 27.1 Å². The summed E-state index contributed by atoms with van der Waals surface area (Å²) in [4.78, 5) is 29.0. The first kappa shape index (κ1) is 12.7. The number of hydrogen-bond donors (Lipinski definition) is 2. The molecular formula is C11H13N3O3S. The maximum atomic E-state index is 12.0. The quantitative estimate of drug-likeness (QED) is 0.821. The van der Waals surface area contributed by atoms with Gasteiger partial charge in [0.1, 0.15) is 4.83 Å². The summed E-state index contributed by atoms with van der Waals surface area (Å²) >= 11 is 1.19. The Morgan fingerprint density at radius 2 is 2.33 bits per heavy atom. The van der Waals surface area contributed by atoms with Gasteiger partial charge < -0.3 is 15.0 Å². The van der Waals surface area contributed by atoms with E-state index in [0.717, 1.165) is 0 Å². The first-order valence-electron chi connectivity index (χ1n) is 5.40. The Morgan fingerprint density at radius 3 is 3.00 bits per heavy atom. The SMILES string of the molecule is Cc1c(C(=O)NCCO)sc2ncn(C)c(=O)c12. The molecule has 0 aliphatic carbocycles. The molecule has 0 bridgehead atoms. The first-order chi connectivity index (χ1) is 8.56. The highest BCUT2D eigenvalue weighted by atomic mass is 32.1. The molecule has 0 radical (unpaired) electrons. The van der Waals surface area contributed by atoms with Crippen LogP contribution >= 0.6 is 11.3 Å².